The molecule has 1 unspecified atom stereocenters. The molecule has 0 spiro atoms. The van der Waals surface area contributed by atoms with Crippen molar-refractivity contribution < 1.29 is 4.39 Å². The molecular formula is C13H15FN4. The first-order valence-electron chi connectivity index (χ1n) is 6.14. The Morgan fingerprint density at radius 1 is 1.39 bits per heavy atom. The van der Waals surface area contributed by atoms with E-state index in [2.05, 4.69) is 15.2 Å². The van der Waals surface area contributed by atoms with E-state index < -0.39 is 0 Å². The van der Waals surface area contributed by atoms with E-state index in [-0.39, 0.29) is 5.82 Å². The molecule has 0 saturated carbocycles. The van der Waals surface area contributed by atoms with Crippen molar-refractivity contribution in [2.45, 2.75) is 19.0 Å². The minimum atomic E-state index is -0.167. The lowest BCUT2D eigenvalue weighted by molar-refractivity contribution is 0.310. The van der Waals surface area contributed by atoms with Crippen molar-refractivity contribution in [3.05, 3.63) is 48.0 Å². The Bertz CT molecular complexity index is 511. The van der Waals surface area contributed by atoms with Crippen molar-refractivity contribution in [1.82, 2.24) is 19.9 Å². The summed E-state index contributed by atoms with van der Waals surface area (Å²) in [7, 11) is 0. The van der Waals surface area contributed by atoms with Crippen LogP contribution in [-0.4, -0.2) is 33.0 Å². The Hall–Kier alpha value is -1.75. The highest BCUT2D eigenvalue weighted by molar-refractivity contribution is 5.16. The summed E-state index contributed by atoms with van der Waals surface area (Å²) >= 11 is 0. The molecule has 1 aliphatic rings. The van der Waals surface area contributed by atoms with Gasteiger partial charge in [-0.05, 0) is 24.1 Å². The monoisotopic (exact) mass is 246 g/mol. The zero-order valence-corrected chi connectivity index (χ0v) is 10.0. The largest absolute Gasteiger partial charge is 0.297 e. The molecule has 5 heteroatoms. The van der Waals surface area contributed by atoms with Crippen LogP contribution in [0.25, 0.3) is 0 Å². The summed E-state index contributed by atoms with van der Waals surface area (Å²) < 4.78 is 15.0. The van der Waals surface area contributed by atoms with Gasteiger partial charge >= 0.3 is 0 Å². The Kier molecular flexibility index (Phi) is 3.06. The van der Waals surface area contributed by atoms with Gasteiger partial charge in [0.15, 0.2) is 0 Å². The molecule has 1 aromatic heterocycles. The summed E-state index contributed by atoms with van der Waals surface area (Å²) in [4.78, 5) is 2.32. The Labute approximate surface area is 105 Å². The number of hydrogen-bond acceptors (Lipinski definition) is 3. The zero-order valence-electron chi connectivity index (χ0n) is 10.0. The van der Waals surface area contributed by atoms with Crippen LogP contribution in [0.5, 0.6) is 0 Å². The molecule has 4 nitrogen and oxygen atoms in total. The highest BCUT2D eigenvalue weighted by Crippen LogP contribution is 2.22. The third-order valence-electron chi connectivity index (χ3n) is 3.36. The lowest BCUT2D eigenvalue weighted by atomic mass is 10.2. The van der Waals surface area contributed by atoms with Gasteiger partial charge in [0.1, 0.15) is 5.82 Å². The average Bonchev–Trinajstić information content (AvgIpc) is 2.98. The predicted octanol–water partition coefficient (Wildman–Crippen LogP) is 1.86. The highest BCUT2D eigenvalue weighted by Gasteiger charge is 2.24. The van der Waals surface area contributed by atoms with E-state index in [1.165, 1.54) is 6.07 Å². The van der Waals surface area contributed by atoms with Gasteiger partial charge in [-0.25, -0.2) is 9.07 Å². The van der Waals surface area contributed by atoms with Crippen LogP contribution in [0.3, 0.4) is 0 Å². The Morgan fingerprint density at radius 2 is 2.33 bits per heavy atom. The van der Waals surface area contributed by atoms with Crippen LogP contribution >= 0.6 is 0 Å². The minimum Gasteiger partial charge on any atom is -0.297 e. The molecule has 1 saturated heterocycles. The second-order valence-corrected chi connectivity index (χ2v) is 4.69. The van der Waals surface area contributed by atoms with Gasteiger partial charge in [0.2, 0.25) is 0 Å². The number of hydrogen-bond donors (Lipinski definition) is 0. The fraction of sp³-hybridized carbons (Fsp3) is 0.385. The molecule has 2 heterocycles. The van der Waals surface area contributed by atoms with Gasteiger partial charge in [0.25, 0.3) is 0 Å². The third kappa shape index (κ3) is 2.41. The van der Waals surface area contributed by atoms with Gasteiger partial charge < -0.3 is 0 Å². The van der Waals surface area contributed by atoms with Crippen LogP contribution in [0.1, 0.15) is 18.0 Å². The Morgan fingerprint density at radius 3 is 3.11 bits per heavy atom. The quantitative estimate of drug-likeness (QED) is 0.829. The molecule has 94 valence electrons. The van der Waals surface area contributed by atoms with Crippen LogP contribution in [0.2, 0.25) is 0 Å². The summed E-state index contributed by atoms with van der Waals surface area (Å²) in [5, 5.41) is 7.87. The second-order valence-electron chi connectivity index (χ2n) is 4.69. The van der Waals surface area contributed by atoms with Crippen molar-refractivity contribution >= 4 is 0 Å². The molecule has 1 fully saturated rings. The van der Waals surface area contributed by atoms with Crippen molar-refractivity contribution in [3.63, 3.8) is 0 Å². The summed E-state index contributed by atoms with van der Waals surface area (Å²) in [6.07, 6.45) is 4.67. The van der Waals surface area contributed by atoms with Crippen LogP contribution in [-0.2, 0) is 6.54 Å². The van der Waals surface area contributed by atoms with Crippen molar-refractivity contribution in [2.24, 2.45) is 0 Å². The molecule has 1 atom stereocenters. The van der Waals surface area contributed by atoms with Gasteiger partial charge in [0.05, 0.1) is 12.2 Å². The van der Waals surface area contributed by atoms with Crippen molar-refractivity contribution in [2.75, 3.05) is 13.1 Å². The van der Waals surface area contributed by atoms with Gasteiger partial charge in [-0.1, -0.05) is 17.3 Å². The summed E-state index contributed by atoms with van der Waals surface area (Å²) in [5.74, 6) is -0.167. The van der Waals surface area contributed by atoms with Crippen LogP contribution in [0, 0.1) is 5.82 Å². The molecule has 0 N–H and O–H groups in total. The lowest BCUT2D eigenvalue weighted by Crippen LogP contribution is -2.21. The van der Waals surface area contributed by atoms with Crippen LogP contribution in [0.4, 0.5) is 4.39 Å². The molecule has 0 aliphatic carbocycles. The lowest BCUT2D eigenvalue weighted by Gasteiger charge is -2.16. The Balaban J connectivity index is 1.63. The van der Waals surface area contributed by atoms with Gasteiger partial charge in [-0.3, -0.25) is 4.90 Å². The smallest absolute Gasteiger partial charge is 0.123 e. The summed E-state index contributed by atoms with van der Waals surface area (Å²) in [6, 6.07) is 7.19. The molecule has 0 radical (unpaired) electrons. The number of aromatic nitrogens is 3. The first-order valence-corrected chi connectivity index (χ1v) is 6.14. The topological polar surface area (TPSA) is 34.0 Å². The number of likely N-dealkylation sites (tertiary alicyclic amines) is 1. The van der Waals surface area contributed by atoms with E-state index in [0.717, 1.165) is 31.6 Å². The highest BCUT2D eigenvalue weighted by atomic mass is 19.1. The SMILES string of the molecule is Fc1cccc(CN2CCC(n3ccnn3)C2)c1. The van der Waals surface area contributed by atoms with Crippen molar-refractivity contribution in [3.8, 4) is 0 Å². The summed E-state index contributed by atoms with van der Waals surface area (Å²) in [6.45, 7) is 2.75. The normalized spacial score (nSPS) is 20.4. The van der Waals surface area contributed by atoms with Crippen molar-refractivity contribution in [1.29, 1.82) is 0 Å². The van der Waals surface area contributed by atoms with E-state index in [1.54, 1.807) is 18.3 Å². The number of benzene rings is 1. The molecule has 0 amide bonds. The molecule has 1 aliphatic heterocycles. The second kappa shape index (κ2) is 4.86. The maximum Gasteiger partial charge on any atom is 0.123 e. The van der Waals surface area contributed by atoms with Crippen LogP contribution < -0.4 is 0 Å². The molecule has 3 rings (SSSR count). The van der Waals surface area contributed by atoms with Gasteiger partial charge in [0, 0.05) is 25.8 Å². The number of halogens is 1. The maximum absolute atomic E-state index is 13.1. The first kappa shape index (κ1) is 11.3. The average molecular weight is 246 g/mol. The maximum atomic E-state index is 13.1. The summed E-state index contributed by atoms with van der Waals surface area (Å²) in [5.41, 5.74) is 1.02. The standard InChI is InChI=1S/C13H15FN4/c14-12-3-1-2-11(8-12)9-17-6-4-13(10-17)18-7-5-15-16-18/h1-3,5,7-8,13H,4,6,9-10H2. The fourth-order valence-corrected chi connectivity index (χ4v) is 2.48. The molecule has 0 bridgehead atoms. The van der Waals surface area contributed by atoms with Gasteiger partial charge in [-0.2, -0.15) is 0 Å². The van der Waals surface area contributed by atoms with E-state index in [9.17, 15) is 4.39 Å². The molecular weight excluding hydrogens is 231 g/mol. The first-order chi connectivity index (χ1) is 8.81. The fourth-order valence-electron chi connectivity index (χ4n) is 2.48. The third-order valence-corrected chi connectivity index (χ3v) is 3.36. The number of nitrogens with zero attached hydrogens (tertiary/aromatic N) is 4. The van der Waals surface area contributed by atoms with E-state index >= 15 is 0 Å². The van der Waals surface area contributed by atoms with E-state index in [0.29, 0.717) is 6.04 Å². The van der Waals surface area contributed by atoms with Crippen LogP contribution in [0.15, 0.2) is 36.7 Å². The molecule has 1 aromatic carbocycles. The zero-order chi connectivity index (χ0) is 12.4. The predicted molar refractivity (Wildman–Crippen MR) is 65.4 cm³/mol. The molecule has 2 aromatic rings. The minimum absolute atomic E-state index is 0.167. The van der Waals surface area contributed by atoms with Gasteiger partial charge in [-0.15, -0.1) is 5.10 Å². The number of rotatable bonds is 3. The van der Waals surface area contributed by atoms with E-state index in [1.807, 2.05) is 16.9 Å². The molecule has 18 heavy (non-hydrogen) atoms. The van der Waals surface area contributed by atoms with E-state index in [4.69, 9.17) is 0 Å².